The highest BCUT2D eigenvalue weighted by atomic mass is 16.4. The quantitative estimate of drug-likeness (QED) is 0.850. The monoisotopic (exact) mass is 236 g/mol. The Morgan fingerprint density at radius 1 is 1.47 bits per heavy atom. The fourth-order valence-corrected chi connectivity index (χ4v) is 1.76. The molecule has 94 valence electrons. The summed E-state index contributed by atoms with van der Waals surface area (Å²) in [6.07, 6.45) is 3.58. The van der Waals surface area contributed by atoms with E-state index in [0.717, 1.165) is 11.1 Å². The van der Waals surface area contributed by atoms with Gasteiger partial charge in [-0.25, -0.2) is 0 Å². The van der Waals surface area contributed by atoms with Crippen LogP contribution < -0.4 is 0 Å². The summed E-state index contributed by atoms with van der Waals surface area (Å²) in [5.74, 6) is -0.806. The number of hydrogen-bond donors (Lipinski definition) is 1. The van der Waals surface area contributed by atoms with E-state index >= 15 is 0 Å². The number of carbonyl (C=O) groups is 1. The van der Waals surface area contributed by atoms with Crippen molar-refractivity contribution in [2.24, 2.45) is 0 Å². The van der Waals surface area contributed by atoms with Gasteiger partial charge in [0.25, 0.3) is 0 Å². The van der Waals surface area contributed by atoms with Crippen molar-refractivity contribution in [2.45, 2.75) is 39.8 Å². The zero-order chi connectivity index (χ0) is 13.1. The normalized spacial score (nSPS) is 11.8. The number of rotatable bonds is 5. The second-order valence-corrected chi connectivity index (χ2v) is 4.75. The Hall–Kier alpha value is -1.42. The molecular weight excluding hydrogens is 216 g/mol. The molecule has 1 heterocycles. The van der Waals surface area contributed by atoms with Crippen LogP contribution in [-0.4, -0.2) is 33.0 Å². The Morgan fingerprint density at radius 3 is 2.59 bits per heavy atom. The Labute approximate surface area is 102 Å². The molecule has 0 aliphatic carbocycles. The molecule has 4 heteroatoms. The number of aryl methyl sites for hydroxylation is 1. The molecule has 0 spiro atoms. The maximum absolute atomic E-state index is 11.2. The second kappa shape index (κ2) is 5.27. The van der Waals surface area contributed by atoms with E-state index < -0.39 is 11.5 Å². The van der Waals surface area contributed by atoms with Crippen LogP contribution in [-0.2, 0) is 11.3 Å². The highest BCUT2D eigenvalue weighted by Gasteiger charge is 2.33. The van der Waals surface area contributed by atoms with Crippen LogP contribution in [0.15, 0.2) is 18.5 Å². The van der Waals surface area contributed by atoms with Crippen molar-refractivity contribution in [3.8, 4) is 0 Å². The summed E-state index contributed by atoms with van der Waals surface area (Å²) in [6, 6.07) is 2.04. The summed E-state index contributed by atoms with van der Waals surface area (Å²) >= 11 is 0. The average Bonchev–Trinajstić information content (AvgIpc) is 2.25. The minimum atomic E-state index is -0.863. The van der Waals surface area contributed by atoms with E-state index in [1.807, 2.05) is 24.8 Å². The third kappa shape index (κ3) is 3.27. The number of likely N-dealkylation sites (N-methyl/N-ethyl adjacent to an activating group) is 1. The van der Waals surface area contributed by atoms with E-state index in [1.165, 1.54) is 0 Å². The van der Waals surface area contributed by atoms with Crippen LogP contribution in [0.1, 0.15) is 31.9 Å². The number of nitrogens with zero attached hydrogens (tertiary/aromatic N) is 2. The van der Waals surface area contributed by atoms with Gasteiger partial charge in [0.15, 0.2) is 0 Å². The predicted octanol–water partition coefficient (Wildman–Crippen LogP) is 2.08. The Bertz CT molecular complexity index is 402. The number of pyridine rings is 1. The van der Waals surface area contributed by atoms with E-state index in [1.54, 1.807) is 26.2 Å². The molecule has 0 aromatic carbocycles. The third-order valence-corrected chi connectivity index (χ3v) is 3.00. The molecule has 0 amide bonds. The Kier molecular flexibility index (Phi) is 4.23. The van der Waals surface area contributed by atoms with Gasteiger partial charge in [-0.3, -0.25) is 14.7 Å². The Balaban J connectivity index is 2.87. The lowest BCUT2D eigenvalue weighted by molar-refractivity contribution is -0.149. The lowest BCUT2D eigenvalue weighted by atomic mass is 10.0. The van der Waals surface area contributed by atoms with Crippen molar-refractivity contribution in [1.82, 2.24) is 9.88 Å². The molecule has 0 saturated heterocycles. The molecule has 0 aliphatic heterocycles. The first-order chi connectivity index (χ1) is 7.87. The molecule has 1 aromatic rings. The van der Waals surface area contributed by atoms with E-state index in [-0.39, 0.29) is 0 Å². The van der Waals surface area contributed by atoms with Crippen LogP contribution in [0.2, 0.25) is 0 Å². The van der Waals surface area contributed by atoms with Gasteiger partial charge in [0.2, 0.25) is 0 Å². The summed E-state index contributed by atoms with van der Waals surface area (Å²) in [6.45, 7) is 8.69. The van der Waals surface area contributed by atoms with Gasteiger partial charge in [0, 0.05) is 18.9 Å². The van der Waals surface area contributed by atoms with Gasteiger partial charge in [0.1, 0.15) is 5.54 Å². The first-order valence-electron chi connectivity index (χ1n) is 5.77. The second-order valence-electron chi connectivity index (χ2n) is 4.75. The van der Waals surface area contributed by atoms with Gasteiger partial charge in [-0.15, -0.1) is 0 Å². The molecule has 0 fully saturated rings. The molecule has 1 N–H and O–H groups in total. The van der Waals surface area contributed by atoms with Crippen molar-refractivity contribution >= 4 is 5.97 Å². The van der Waals surface area contributed by atoms with Crippen LogP contribution >= 0.6 is 0 Å². The fraction of sp³-hybridized carbons (Fsp3) is 0.538. The molecule has 0 bridgehead atoms. The number of carboxylic acids is 1. The number of carboxylic acid groups (broad SMARTS) is 1. The van der Waals surface area contributed by atoms with E-state index in [2.05, 4.69) is 4.98 Å². The molecular formula is C13H20N2O2. The van der Waals surface area contributed by atoms with Crippen molar-refractivity contribution in [3.63, 3.8) is 0 Å². The average molecular weight is 236 g/mol. The molecule has 0 aliphatic rings. The largest absolute Gasteiger partial charge is 0.480 e. The molecule has 0 atom stereocenters. The minimum Gasteiger partial charge on any atom is -0.480 e. The fourth-order valence-electron chi connectivity index (χ4n) is 1.76. The summed E-state index contributed by atoms with van der Waals surface area (Å²) < 4.78 is 0. The van der Waals surface area contributed by atoms with Crippen LogP contribution in [0.5, 0.6) is 0 Å². The zero-order valence-corrected chi connectivity index (χ0v) is 10.9. The molecule has 4 nitrogen and oxygen atoms in total. The maximum atomic E-state index is 11.2. The van der Waals surface area contributed by atoms with Crippen molar-refractivity contribution in [3.05, 3.63) is 29.6 Å². The summed E-state index contributed by atoms with van der Waals surface area (Å²) in [7, 11) is 0. The molecule has 0 saturated carbocycles. The predicted molar refractivity (Wildman–Crippen MR) is 66.8 cm³/mol. The molecule has 0 radical (unpaired) electrons. The smallest absolute Gasteiger partial charge is 0.323 e. The van der Waals surface area contributed by atoms with E-state index in [0.29, 0.717) is 13.1 Å². The number of aromatic nitrogens is 1. The SMILES string of the molecule is CCN(Cc1cncc(C)c1)C(C)(C)C(=O)O. The first kappa shape index (κ1) is 13.6. The lowest BCUT2D eigenvalue weighted by Gasteiger charge is -2.34. The summed E-state index contributed by atoms with van der Waals surface area (Å²) in [5.41, 5.74) is 1.27. The van der Waals surface area contributed by atoms with Gasteiger partial charge >= 0.3 is 5.97 Å². The maximum Gasteiger partial charge on any atom is 0.323 e. The Morgan fingerprint density at radius 2 is 2.12 bits per heavy atom. The van der Waals surface area contributed by atoms with Crippen molar-refractivity contribution < 1.29 is 9.90 Å². The summed E-state index contributed by atoms with van der Waals surface area (Å²) in [5, 5.41) is 9.22. The molecule has 0 unspecified atom stereocenters. The van der Waals surface area contributed by atoms with Crippen molar-refractivity contribution in [2.75, 3.05) is 6.54 Å². The highest BCUT2D eigenvalue weighted by Crippen LogP contribution is 2.18. The highest BCUT2D eigenvalue weighted by molar-refractivity contribution is 5.77. The minimum absolute atomic E-state index is 0.602. The topological polar surface area (TPSA) is 53.4 Å². The van der Waals surface area contributed by atoms with Crippen LogP contribution in [0.3, 0.4) is 0 Å². The number of hydrogen-bond acceptors (Lipinski definition) is 3. The zero-order valence-electron chi connectivity index (χ0n) is 10.9. The van der Waals surface area contributed by atoms with E-state index in [9.17, 15) is 9.90 Å². The van der Waals surface area contributed by atoms with Crippen LogP contribution in [0.4, 0.5) is 0 Å². The van der Waals surface area contributed by atoms with Gasteiger partial charge in [-0.1, -0.05) is 13.0 Å². The van der Waals surface area contributed by atoms with Crippen LogP contribution in [0, 0.1) is 6.92 Å². The van der Waals surface area contributed by atoms with Gasteiger partial charge in [0.05, 0.1) is 0 Å². The molecule has 1 aromatic heterocycles. The standard InChI is InChI=1S/C13H20N2O2/c1-5-15(13(3,4)12(16)17)9-11-6-10(2)7-14-8-11/h6-8H,5,9H2,1-4H3,(H,16,17). The third-order valence-electron chi connectivity index (χ3n) is 3.00. The van der Waals surface area contributed by atoms with Gasteiger partial charge in [-0.05, 0) is 38.4 Å². The first-order valence-corrected chi connectivity index (χ1v) is 5.77. The molecule has 17 heavy (non-hydrogen) atoms. The summed E-state index contributed by atoms with van der Waals surface area (Å²) in [4.78, 5) is 17.3. The van der Waals surface area contributed by atoms with Gasteiger partial charge in [-0.2, -0.15) is 0 Å². The van der Waals surface area contributed by atoms with E-state index in [4.69, 9.17) is 0 Å². The lowest BCUT2D eigenvalue weighted by Crippen LogP contribution is -2.49. The molecule has 1 rings (SSSR count). The number of aliphatic carboxylic acids is 1. The van der Waals surface area contributed by atoms with Crippen molar-refractivity contribution in [1.29, 1.82) is 0 Å². The van der Waals surface area contributed by atoms with Crippen LogP contribution in [0.25, 0.3) is 0 Å². The van der Waals surface area contributed by atoms with Gasteiger partial charge < -0.3 is 5.11 Å².